The maximum Gasteiger partial charge on any atom is 0.117 e. The Morgan fingerprint density at radius 2 is 1.92 bits per heavy atom. The van der Waals surface area contributed by atoms with Crippen molar-refractivity contribution in [3.8, 4) is 5.75 Å². The normalized spacial score (nSPS) is 15.3. The number of benzene rings is 2. The minimum absolute atomic E-state index is 0.351. The number of aryl methyl sites for hydroxylation is 1. The number of nitrogens with zero attached hydrogens (tertiary/aromatic N) is 1. The molecule has 0 saturated heterocycles. The first-order valence-corrected chi connectivity index (χ1v) is 9.55. The minimum atomic E-state index is 0.351. The van der Waals surface area contributed by atoms with Gasteiger partial charge in [-0.2, -0.15) is 0 Å². The van der Waals surface area contributed by atoms with E-state index in [0.717, 1.165) is 44.4 Å². The first-order chi connectivity index (χ1) is 12.8. The summed E-state index contributed by atoms with van der Waals surface area (Å²) >= 11 is 0. The molecule has 0 atom stereocenters. The van der Waals surface area contributed by atoms with Gasteiger partial charge < -0.3 is 10.1 Å². The van der Waals surface area contributed by atoms with E-state index in [1.807, 2.05) is 12.3 Å². The molecule has 3 aromatic rings. The second-order valence-electron chi connectivity index (χ2n) is 7.15. The van der Waals surface area contributed by atoms with E-state index in [-0.39, 0.29) is 0 Å². The third kappa shape index (κ3) is 3.83. The predicted octanol–water partition coefficient (Wildman–Crippen LogP) is 4.99. The van der Waals surface area contributed by atoms with Crippen LogP contribution in [0.3, 0.4) is 0 Å². The molecule has 0 bridgehead atoms. The number of fused-ring (bicyclic) bond motifs is 1. The van der Waals surface area contributed by atoms with Crippen LogP contribution in [0, 0.1) is 0 Å². The van der Waals surface area contributed by atoms with Gasteiger partial charge in [0.1, 0.15) is 5.75 Å². The van der Waals surface area contributed by atoms with E-state index in [0.29, 0.717) is 5.75 Å². The van der Waals surface area contributed by atoms with E-state index < -0.39 is 0 Å². The number of unbranched alkanes of at least 4 members (excludes halogenated alkanes) is 1. The summed E-state index contributed by atoms with van der Waals surface area (Å²) in [5, 5.41) is 11.1. The van der Waals surface area contributed by atoms with Crippen LogP contribution in [0.2, 0.25) is 0 Å². The Labute approximate surface area is 155 Å². The van der Waals surface area contributed by atoms with Gasteiger partial charge in [0.25, 0.3) is 0 Å². The smallest absolute Gasteiger partial charge is 0.117 e. The van der Waals surface area contributed by atoms with Crippen molar-refractivity contribution in [2.24, 2.45) is 0 Å². The Morgan fingerprint density at radius 3 is 2.73 bits per heavy atom. The largest absolute Gasteiger partial charge is 0.508 e. The molecule has 0 aliphatic carbocycles. The van der Waals surface area contributed by atoms with Gasteiger partial charge in [0.15, 0.2) is 0 Å². The van der Waals surface area contributed by atoms with Gasteiger partial charge in [-0.3, -0.25) is 4.90 Å². The number of aromatic hydroxyl groups is 1. The van der Waals surface area contributed by atoms with Gasteiger partial charge in [-0.1, -0.05) is 36.4 Å². The molecule has 1 aromatic heterocycles. The number of nitrogens with one attached hydrogen (secondary N) is 1. The van der Waals surface area contributed by atoms with Crippen molar-refractivity contribution >= 4 is 16.5 Å². The van der Waals surface area contributed by atoms with Crippen molar-refractivity contribution in [2.75, 3.05) is 19.6 Å². The van der Waals surface area contributed by atoms with Crippen LogP contribution in [-0.2, 0) is 6.42 Å². The molecule has 2 N–H and O–H groups in total. The molecule has 0 radical (unpaired) electrons. The molecule has 1 aliphatic heterocycles. The van der Waals surface area contributed by atoms with Gasteiger partial charge in [0.05, 0.1) is 0 Å². The summed E-state index contributed by atoms with van der Waals surface area (Å²) in [5.74, 6) is 0.351. The summed E-state index contributed by atoms with van der Waals surface area (Å²) < 4.78 is 0. The fraction of sp³-hybridized carbons (Fsp3) is 0.304. The summed E-state index contributed by atoms with van der Waals surface area (Å²) in [6.07, 6.45) is 8.82. The van der Waals surface area contributed by atoms with Crippen molar-refractivity contribution in [2.45, 2.75) is 25.7 Å². The highest BCUT2D eigenvalue weighted by Crippen LogP contribution is 2.26. The number of phenols is 1. The number of hydrogen-bond acceptors (Lipinski definition) is 2. The zero-order chi connectivity index (χ0) is 17.8. The van der Waals surface area contributed by atoms with E-state index in [2.05, 4.69) is 52.4 Å². The highest BCUT2D eigenvalue weighted by molar-refractivity contribution is 5.84. The zero-order valence-electron chi connectivity index (χ0n) is 15.1. The van der Waals surface area contributed by atoms with Crippen molar-refractivity contribution in [3.05, 3.63) is 71.9 Å². The van der Waals surface area contributed by atoms with Crippen molar-refractivity contribution in [1.82, 2.24) is 9.88 Å². The topological polar surface area (TPSA) is 39.3 Å². The molecule has 2 heterocycles. The minimum Gasteiger partial charge on any atom is -0.508 e. The van der Waals surface area contributed by atoms with E-state index in [1.54, 1.807) is 6.07 Å². The van der Waals surface area contributed by atoms with Crippen molar-refractivity contribution < 1.29 is 5.11 Å². The number of H-pyrrole nitrogens is 1. The van der Waals surface area contributed by atoms with Gasteiger partial charge in [-0.05, 0) is 61.1 Å². The summed E-state index contributed by atoms with van der Waals surface area (Å²) in [7, 11) is 0. The maximum absolute atomic E-state index is 9.87. The zero-order valence-corrected chi connectivity index (χ0v) is 15.1. The van der Waals surface area contributed by atoms with E-state index in [1.165, 1.54) is 28.5 Å². The third-order valence-corrected chi connectivity index (χ3v) is 5.35. The van der Waals surface area contributed by atoms with Crippen LogP contribution in [0.15, 0.2) is 60.8 Å². The Kier molecular flexibility index (Phi) is 5.07. The Morgan fingerprint density at radius 1 is 1.04 bits per heavy atom. The number of phenolic OH excluding ortho intramolecular Hbond substituents is 1. The molecule has 0 fully saturated rings. The molecular weight excluding hydrogens is 320 g/mol. The Balaban J connectivity index is 1.27. The average molecular weight is 346 g/mol. The number of hydrogen-bond donors (Lipinski definition) is 2. The molecule has 0 amide bonds. The fourth-order valence-corrected chi connectivity index (χ4v) is 3.91. The van der Waals surface area contributed by atoms with Crippen LogP contribution >= 0.6 is 0 Å². The molecule has 0 spiro atoms. The number of aromatic nitrogens is 1. The Hall–Kier alpha value is -2.52. The molecule has 4 rings (SSSR count). The van der Waals surface area contributed by atoms with Gasteiger partial charge >= 0.3 is 0 Å². The van der Waals surface area contributed by atoms with Crippen LogP contribution in [0.25, 0.3) is 16.5 Å². The highest BCUT2D eigenvalue weighted by atomic mass is 16.3. The van der Waals surface area contributed by atoms with Gasteiger partial charge in [0.2, 0.25) is 0 Å². The lowest BCUT2D eigenvalue weighted by atomic mass is 9.99. The molecule has 3 nitrogen and oxygen atoms in total. The monoisotopic (exact) mass is 346 g/mol. The lowest BCUT2D eigenvalue weighted by Gasteiger charge is -2.26. The molecule has 0 unspecified atom stereocenters. The summed E-state index contributed by atoms with van der Waals surface area (Å²) in [6.45, 7) is 3.35. The predicted molar refractivity (Wildman–Crippen MR) is 108 cm³/mol. The Bertz CT molecular complexity index is 895. The van der Waals surface area contributed by atoms with Crippen LogP contribution in [-0.4, -0.2) is 34.6 Å². The lowest BCUT2D eigenvalue weighted by Crippen LogP contribution is -2.29. The van der Waals surface area contributed by atoms with E-state index in [9.17, 15) is 5.11 Å². The summed E-state index contributed by atoms with van der Waals surface area (Å²) in [4.78, 5) is 5.73. The molecular formula is C23H26N2O. The summed E-state index contributed by atoms with van der Waals surface area (Å²) in [5.41, 5.74) is 5.11. The summed E-state index contributed by atoms with van der Waals surface area (Å²) in [6, 6.07) is 16.5. The molecule has 3 heteroatoms. The van der Waals surface area contributed by atoms with Crippen LogP contribution in [0.1, 0.15) is 30.4 Å². The van der Waals surface area contributed by atoms with E-state index >= 15 is 0 Å². The maximum atomic E-state index is 9.87. The van der Waals surface area contributed by atoms with Crippen LogP contribution in [0.5, 0.6) is 5.75 Å². The average Bonchev–Trinajstić information content (AvgIpc) is 3.15. The van der Waals surface area contributed by atoms with Crippen molar-refractivity contribution in [3.63, 3.8) is 0 Å². The highest BCUT2D eigenvalue weighted by Gasteiger charge is 2.12. The standard InChI is InChI=1S/C23H26N2O/c26-21-16-20(22-9-12-24-23(22)17-21)8-4-5-13-25-14-10-19(11-15-25)18-6-2-1-3-7-18/h1-3,6-7,9-10,12,16-17,24,26H,4-5,8,11,13-15H2. The molecule has 134 valence electrons. The fourth-order valence-electron chi connectivity index (χ4n) is 3.91. The SMILES string of the molecule is Oc1cc(CCCCN2CC=C(c3ccccc3)CC2)c2cc[nH]c2c1. The molecule has 0 saturated carbocycles. The van der Waals surface area contributed by atoms with Crippen LogP contribution in [0.4, 0.5) is 0 Å². The first kappa shape index (κ1) is 16.9. The molecule has 26 heavy (non-hydrogen) atoms. The second-order valence-corrected chi connectivity index (χ2v) is 7.15. The molecule has 2 aromatic carbocycles. The lowest BCUT2D eigenvalue weighted by molar-refractivity contribution is 0.295. The number of aromatic amines is 1. The third-order valence-electron chi connectivity index (χ3n) is 5.35. The van der Waals surface area contributed by atoms with Gasteiger partial charge in [-0.15, -0.1) is 0 Å². The first-order valence-electron chi connectivity index (χ1n) is 9.55. The number of rotatable bonds is 6. The van der Waals surface area contributed by atoms with Crippen molar-refractivity contribution in [1.29, 1.82) is 0 Å². The van der Waals surface area contributed by atoms with E-state index in [4.69, 9.17) is 0 Å². The van der Waals surface area contributed by atoms with Gasteiger partial charge in [0, 0.05) is 36.3 Å². The van der Waals surface area contributed by atoms with Gasteiger partial charge in [-0.25, -0.2) is 0 Å². The second kappa shape index (κ2) is 7.79. The molecule has 1 aliphatic rings. The quantitative estimate of drug-likeness (QED) is 0.618. The van der Waals surface area contributed by atoms with Crippen LogP contribution < -0.4 is 0 Å².